The van der Waals surface area contributed by atoms with Crippen molar-refractivity contribution >= 4 is 51.8 Å². The number of amides is 2. The third-order valence-electron chi connectivity index (χ3n) is 9.45. The molecule has 310 valence electrons. The fourth-order valence-corrected chi connectivity index (χ4v) is 6.33. The molecule has 0 aliphatic rings. The molecule has 0 fully saturated rings. The maximum absolute atomic E-state index is 12.4. The summed E-state index contributed by atoms with van der Waals surface area (Å²) >= 11 is 5.83. The van der Waals surface area contributed by atoms with Crippen LogP contribution in [0, 0.1) is 5.41 Å². The van der Waals surface area contributed by atoms with Crippen molar-refractivity contribution in [2.24, 2.45) is 5.73 Å². The Labute approximate surface area is 332 Å². The third-order valence-corrected chi connectivity index (χ3v) is 9.72. The first kappa shape index (κ1) is 46.2. The number of aliphatic hydroxyl groups excluding tert-OH is 5. The molecule has 1 heterocycles. The molecule has 0 aliphatic heterocycles. The van der Waals surface area contributed by atoms with Gasteiger partial charge in [-0.05, 0) is 80.1 Å². The zero-order valence-corrected chi connectivity index (χ0v) is 32.7. The number of nitrogens with one attached hydrogen (secondary N) is 4. The first-order valence-corrected chi connectivity index (χ1v) is 19.4. The molecule has 0 bridgehead atoms. The van der Waals surface area contributed by atoms with Crippen LogP contribution in [-0.4, -0.2) is 128 Å². The molecular formula is C38H59ClN10O7. The van der Waals surface area contributed by atoms with Crippen molar-refractivity contribution in [3.63, 3.8) is 0 Å². The van der Waals surface area contributed by atoms with E-state index in [-0.39, 0.29) is 35.0 Å². The Morgan fingerprint density at radius 1 is 0.857 bits per heavy atom. The Morgan fingerprint density at radius 2 is 1.52 bits per heavy atom. The van der Waals surface area contributed by atoms with Crippen LogP contribution in [0.2, 0.25) is 5.15 Å². The molecule has 2 aromatic carbocycles. The number of nitrogens with zero attached hydrogens (tertiary/aromatic N) is 3. The van der Waals surface area contributed by atoms with Crippen LogP contribution in [0.25, 0.3) is 10.8 Å². The number of rotatable bonds is 25. The SMILES string of the molecule is CCCCCCN(CCCN[C@@H](Cc1ccc2cc(CCCCNC(=N)NC(=O)c3nc(Cl)c(N)nc3N)ccc2c1)C(N)=O)C[C@H](O)[C@@H](O)[C@H](O)[C@H](O)CO. The average Bonchev–Trinajstić information content (AvgIpc) is 3.17. The molecule has 0 aliphatic carbocycles. The summed E-state index contributed by atoms with van der Waals surface area (Å²) in [6.07, 6.45) is 1.28. The number of carbonyl (C=O) groups is 2. The fourth-order valence-electron chi connectivity index (χ4n) is 6.20. The van der Waals surface area contributed by atoms with Gasteiger partial charge in [0, 0.05) is 13.1 Å². The number of anilines is 2. The summed E-state index contributed by atoms with van der Waals surface area (Å²) < 4.78 is 0. The first-order chi connectivity index (χ1) is 26.7. The Balaban J connectivity index is 1.45. The molecule has 0 spiro atoms. The zero-order chi connectivity index (χ0) is 41.2. The minimum absolute atomic E-state index is 0.0701. The number of nitrogen functional groups attached to an aromatic ring is 2. The van der Waals surface area contributed by atoms with E-state index in [1.807, 2.05) is 29.2 Å². The van der Waals surface area contributed by atoms with Gasteiger partial charge in [-0.1, -0.05) is 74.2 Å². The van der Waals surface area contributed by atoms with Gasteiger partial charge < -0.3 is 58.3 Å². The monoisotopic (exact) mass is 802 g/mol. The minimum Gasteiger partial charge on any atom is -0.394 e. The molecular weight excluding hydrogens is 744 g/mol. The van der Waals surface area contributed by atoms with Gasteiger partial charge in [-0.15, -0.1) is 0 Å². The summed E-state index contributed by atoms with van der Waals surface area (Å²) in [6.45, 7) is 3.61. The predicted molar refractivity (Wildman–Crippen MR) is 217 cm³/mol. The molecule has 0 radical (unpaired) electrons. The fraction of sp³-hybridized carbons (Fsp3) is 0.553. The molecule has 0 saturated heterocycles. The number of hydrogen-bond donors (Lipinski definition) is 12. The van der Waals surface area contributed by atoms with E-state index in [1.165, 1.54) is 0 Å². The van der Waals surface area contributed by atoms with E-state index in [2.05, 4.69) is 45.0 Å². The maximum atomic E-state index is 12.4. The largest absolute Gasteiger partial charge is 0.394 e. The molecule has 0 saturated carbocycles. The van der Waals surface area contributed by atoms with Gasteiger partial charge >= 0.3 is 0 Å². The third kappa shape index (κ3) is 15.0. The molecule has 1 aromatic heterocycles. The van der Waals surface area contributed by atoms with Gasteiger partial charge in [0.05, 0.1) is 18.8 Å². The molecule has 15 N–H and O–H groups in total. The van der Waals surface area contributed by atoms with Crippen molar-refractivity contribution in [2.45, 2.75) is 95.2 Å². The molecule has 18 heteroatoms. The Bertz CT molecular complexity index is 1720. The van der Waals surface area contributed by atoms with Gasteiger partial charge in [0.25, 0.3) is 5.91 Å². The number of hydrogen-bond acceptors (Lipinski definition) is 14. The van der Waals surface area contributed by atoms with Gasteiger partial charge in [0.1, 0.15) is 18.3 Å². The minimum atomic E-state index is -1.68. The molecule has 2 amide bonds. The quantitative estimate of drug-likeness (QED) is 0.0314. The van der Waals surface area contributed by atoms with Gasteiger partial charge in [0.15, 0.2) is 28.4 Å². The summed E-state index contributed by atoms with van der Waals surface area (Å²) in [6, 6.07) is 11.7. The first-order valence-electron chi connectivity index (χ1n) is 19.1. The van der Waals surface area contributed by atoms with Crippen molar-refractivity contribution in [1.82, 2.24) is 30.8 Å². The number of aryl methyl sites for hydroxylation is 1. The number of carbonyl (C=O) groups excluding carboxylic acids is 2. The van der Waals surface area contributed by atoms with Crippen LogP contribution in [-0.2, 0) is 17.6 Å². The van der Waals surface area contributed by atoms with Gasteiger partial charge in [0.2, 0.25) is 5.91 Å². The van der Waals surface area contributed by atoms with Crippen LogP contribution in [0.15, 0.2) is 36.4 Å². The normalized spacial score (nSPS) is 14.3. The lowest BCUT2D eigenvalue weighted by Crippen LogP contribution is -2.50. The molecule has 56 heavy (non-hydrogen) atoms. The van der Waals surface area contributed by atoms with E-state index in [4.69, 9.17) is 39.3 Å². The summed E-state index contributed by atoms with van der Waals surface area (Å²) in [5, 5.41) is 68.1. The van der Waals surface area contributed by atoms with Gasteiger partial charge in [-0.25, -0.2) is 9.97 Å². The Morgan fingerprint density at radius 3 is 2.20 bits per heavy atom. The molecule has 0 unspecified atom stereocenters. The average molecular weight is 803 g/mol. The van der Waals surface area contributed by atoms with Crippen molar-refractivity contribution < 1.29 is 35.1 Å². The van der Waals surface area contributed by atoms with Crippen molar-refractivity contribution in [2.75, 3.05) is 50.8 Å². The molecule has 3 aromatic rings. The lowest BCUT2D eigenvalue weighted by Gasteiger charge is -2.30. The number of benzene rings is 2. The second-order valence-corrected chi connectivity index (χ2v) is 14.3. The number of halogens is 1. The highest BCUT2D eigenvalue weighted by Gasteiger charge is 2.31. The predicted octanol–water partition coefficient (Wildman–Crippen LogP) is 0.419. The molecule has 17 nitrogen and oxygen atoms in total. The summed E-state index contributed by atoms with van der Waals surface area (Å²) in [5.41, 5.74) is 18.9. The van der Waals surface area contributed by atoms with E-state index in [9.17, 15) is 30.0 Å². The number of primary amides is 1. The highest BCUT2D eigenvalue weighted by Crippen LogP contribution is 2.21. The standard InChI is InChI=1S/C38H59ClN10O7/c1-2-3-4-7-16-49(21-28(51)31(53)32(54)29(52)22-50)17-8-15-44-27(36(42)55)20-24-11-13-25-18-23(10-12-26(25)19-24)9-5-6-14-45-38(43)48-37(56)30-34(40)47-35(41)33(39)46-30/h10-13,18-19,27-29,31-32,44,50-54H,2-9,14-17,20-22H2,1H3,(H2,42,55)(H4,40,41,47)(H3,43,45,48,56)/t27-,28-,29+,31+,32+/m0/s1. The van der Waals surface area contributed by atoms with Crippen LogP contribution in [0.1, 0.15) is 73.5 Å². The van der Waals surface area contributed by atoms with E-state index in [1.54, 1.807) is 0 Å². The topological polar surface area (TPSA) is 302 Å². The lowest BCUT2D eigenvalue weighted by molar-refractivity contribution is -0.120. The Hall–Kier alpha value is -4.20. The zero-order valence-electron chi connectivity index (χ0n) is 32.0. The summed E-state index contributed by atoms with van der Waals surface area (Å²) in [7, 11) is 0. The van der Waals surface area contributed by atoms with E-state index >= 15 is 0 Å². The molecule has 3 rings (SSSR count). The second-order valence-electron chi connectivity index (χ2n) is 14.0. The number of aromatic nitrogens is 2. The van der Waals surface area contributed by atoms with Crippen LogP contribution in [0.5, 0.6) is 0 Å². The number of nitrogens with two attached hydrogens (primary N) is 3. The molecule has 5 atom stereocenters. The van der Waals surface area contributed by atoms with Crippen LogP contribution >= 0.6 is 11.6 Å². The number of guanidine groups is 1. The number of fused-ring (bicyclic) bond motifs is 1. The second kappa shape index (κ2) is 23.8. The van der Waals surface area contributed by atoms with Crippen LogP contribution in [0.4, 0.5) is 11.6 Å². The van der Waals surface area contributed by atoms with Crippen LogP contribution in [0.3, 0.4) is 0 Å². The van der Waals surface area contributed by atoms with E-state index in [0.29, 0.717) is 39.0 Å². The lowest BCUT2D eigenvalue weighted by atomic mass is 9.98. The van der Waals surface area contributed by atoms with Crippen molar-refractivity contribution in [1.29, 1.82) is 5.41 Å². The summed E-state index contributed by atoms with van der Waals surface area (Å²) in [4.78, 5) is 34.4. The number of unbranched alkanes of at least 4 members (excludes halogenated alkanes) is 4. The Kier molecular flexibility index (Phi) is 19.6. The van der Waals surface area contributed by atoms with Gasteiger partial charge in [-0.2, -0.15) is 0 Å². The maximum Gasteiger partial charge on any atom is 0.280 e. The van der Waals surface area contributed by atoms with Crippen LogP contribution < -0.4 is 33.2 Å². The van der Waals surface area contributed by atoms with Crippen molar-refractivity contribution in [3.8, 4) is 0 Å². The highest BCUT2D eigenvalue weighted by atomic mass is 35.5. The van der Waals surface area contributed by atoms with Gasteiger partial charge in [-0.3, -0.25) is 20.3 Å². The number of aliphatic hydroxyl groups is 5. The smallest absolute Gasteiger partial charge is 0.280 e. The highest BCUT2D eigenvalue weighted by molar-refractivity contribution is 6.31. The van der Waals surface area contributed by atoms with E-state index < -0.39 is 48.9 Å². The van der Waals surface area contributed by atoms with Crippen molar-refractivity contribution in [3.05, 3.63) is 58.4 Å². The van der Waals surface area contributed by atoms with E-state index in [0.717, 1.165) is 66.8 Å². The summed E-state index contributed by atoms with van der Waals surface area (Å²) in [5.74, 6) is -1.68.